The SMILES string of the molecule is Cc1csc(NN=Cc2cccc(OCc3ccc(Br)cc3F)c2)n1. The average molecular weight is 420 g/mol. The van der Waals surface area contributed by atoms with Gasteiger partial charge in [-0.15, -0.1) is 11.3 Å². The van der Waals surface area contributed by atoms with Crippen molar-refractivity contribution in [2.75, 3.05) is 5.43 Å². The molecular formula is C18H15BrFN3OS. The standard InChI is InChI=1S/C18H15BrFN3OS/c1-12-11-25-18(22-12)23-21-9-13-3-2-4-16(7-13)24-10-14-5-6-15(19)8-17(14)20/h2-9,11H,10H2,1H3,(H,22,23). The van der Waals surface area contributed by atoms with Crippen LogP contribution in [0.2, 0.25) is 0 Å². The number of ether oxygens (including phenoxy) is 1. The maximum absolute atomic E-state index is 13.8. The highest BCUT2D eigenvalue weighted by molar-refractivity contribution is 9.10. The minimum Gasteiger partial charge on any atom is -0.489 e. The van der Waals surface area contributed by atoms with E-state index in [0.29, 0.717) is 15.8 Å². The van der Waals surface area contributed by atoms with Crippen LogP contribution in [-0.4, -0.2) is 11.2 Å². The number of nitrogens with zero attached hydrogens (tertiary/aromatic N) is 2. The first-order valence-corrected chi connectivity index (χ1v) is 9.15. The summed E-state index contributed by atoms with van der Waals surface area (Å²) in [6.45, 7) is 2.09. The second-order valence-corrected chi connectivity index (χ2v) is 7.03. The van der Waals surface area contributed by atoms with E-state index in [1.807, 2.05) is 36.6 Å². The monoisotopic (exact) mass is 419 g/mol. The number of aromatic nitrogens is 1. The minimum atomic E-state index is -0.296. The molecule has 0 fully saturated rings. The summed E-state index contributed by atoms with van der Waals surface area (Å²) < 4.78 is 20.2. The predicted octanol–water partition coefficient (Wildman–Crippen LogP) is 5.38. The summed E-state index contributed by atoms with van der Waals surface area (Å²) in [5, 5.41) is 6.85. The van der Waals surface area contributed by atoms with Crippen molar-refractivity contribution in [3.63, 3.8) is 0 Å². The van der Waals surface area contributed by atoms with E-state index in [0.717, 1.165) is 16.4 Å². The van der Waals surface area contributed by atoms with Gasteiger partial charge in [-0.1, -0.05) is 34.1 Å². The van der Waals surface area contributed by atoms with E-state index in [9.17, 15) is 4.39 Å². The molecule has 4 nitrogen and oxygen atoms in total. The summed E-state index contributed by atoms with van der Waals surface area (Å²) in [6.07, 6.45) is 1.68. The molecule has 3 aromatic rings. The van der Waals surface area contributed by atoms with E-state index in [1.54, 1.807) is 18.3 Å². The molecule has 0 aliphatic carbocycles. The number of aryl methyl sites for hydroxylation is 1. The minimum absolute atomic E-state index is 0.163. The molecule has 0 spiro atoms. The first-order valence-electron chi connectivity index (χ1n) is 7.48. The third-order valence-electron chi connectivity index (χ3n) is 3.26. The Balaban J connectivity index is 1.61. The quantitative estimate of drug-likeness (QED) is 0.430. The Hall–Kier alpha value is -2.25. The Bertz CT molecular complexity index is 898. The molecule has 128 valence electrons. The molecule has 7 heteroatoms. The number of benzene rings is 2. The lowest BCUT2D eigenvalue weighted by molar-refractivity contribution is 0.300. The number of rotatable bonds is 6. The lowest BCUT2D eigenvalue weighted by Crippen LogP contribution is -1.99. The van der Waals surface area contributed by atoms with Gasteiger partial charge in [-0.05, 0) is 36.8 Å². The van der Waals surface area contributed by atoms with E-state index < -0.39 is 0 Å². The van der Waals surface area contributed by atoms with Crippen LogP contribution in [0.3, 0.4) is 0 Å². The molecule has 25 heavy (non-hydrogen) atoms. The number of anilines is 1. The van der Waals surface area contributed by atoms with Crippen molar-refractivity contribution in [3.8, 4) is 5.75 Å². The van der Waals surface area contributed by atoms with Gasteiger partial charge in [0.2, 0.25) is 5.13 Å². The van der Waals surface area contributed by atoms with Crippen LogP contribution in [-0.2, 0) is 6.61 Å². The molecule has 0 aliphatic rings. The highest BCUT2D eigenvalue weighted by Crippen LogP contribution is 2.19. The van der Waals surface area contributed by atoms with Crippen molar-refractivity contribution in [1.82, 2.24) is 4.98 Å². The van der Waals surface area contributed by atoms with Crippen molar-refractivity contribution in [2.45, 2.75) is 13.5 Å². The van der Waals surface area contributed by atoms with Crippen LogP contribution < -0.4 is 10.2 Å². The molecule has 0 radical (unpaired) electrons. The van der Waals surface area contributed by atoms with Crippen molar-refractivity contribution in [3.05, 3.63) is 75.0 Å². The largest absolute Gasteiger partial charge is 0.489 e. The molecular weight excluding hydrogens is 405 g/mol. The molecule has 3 rings (SSSR count). The molecule has 0 unspecified atom stereocenters. The Kier molecular flexibility index (Phi) is 5.78. The topological polar surface area (TPSA) is 46.5 Å². The maximum Gasteiger partial charge on any atom is 0.203 e. The van der Waals surface area contributed by atoms with Crippen LogP contribution in [0, 0.1) is 12.7 Å². The zero-order chi connectivity index (χ0) is 17.6. The number of halogens is 2. The van der Waals surface area contributed by atoms with Gasteiger partial charge >= 0.3 is 0 Å². The Morgan fingerprint density at radius 1 is 1.32 bits per heavy atom. The van der Waals surface area contributed by atoms with E-state index in [-0.39, 0.29) is 12.4 Å². The smallest absolute Gasteiger partial charge is 0.203 e. The normalized spacial score (nSPS) is 11.0. The molecule has 0 aliphatic heterocycles. The lowest BCUT2D eigenvalue weighted by atomic mass is 10.2. The zero-order valence-corrected chi connectivity index (χ0v) is 15.8. The van der Waals surface area contributed by atoms with Gasteiger partial charge in [-0.25, -0.2) is 9.37 Å². The Morgan fingerprint density at radius 2 is 2.20 bits per heavy atom. The van der Waals surface area contributed by atoms with Gasteiger partial charge in [0.1, 0.15) is 18.2 Å². The first-order chi connectivity index (χ1) is 12.1. The summed E-state index contributed by atoms with van der Waals surface area (Å²) in [5.41, 5.74) is 5.22. The van der Waals surface area contributed by atoms with Crippen molar-refractivity contribution in [2.24, 2.45) is 5.10 Å². The summed E-state index contributed by atoms with van der Waals surface area (Å²) >= 11 is 4.74. The summed E-state index contributed by atoms with van der Waals surface area (Å²) in [4.78, 5) is 4.27. The van der Waals surface area contributed by atoms with Gasteiger partial charge < -0.3 is 4.74 Å². The van der Waals surface area contributed by atoms with E-state index >= 15 is 0 Å². The van der Waals surface area contributed by atoms with Gasteiger partial charge in [0.15, 0.2) is 0 Å². The van der Waals surface area contributed by atoms with Gasteiger partial charge in [-0.3, -0.25) is 5.43 Å². The molecule has 1 aromatic heterocycles. The second-order valence-electron chi connectivity index (χ2n) is 5.26. The average Bonchev–Trinajstić information content (AvgIpc) is 3.00. The maximum atomic E-state index is 13.8. The highest BCUT2D eigenvalue weighted by Gasteiger charge is 2.04. The van der Waals surface area contributed by atoms with Crippen LogP contribution in [0.4, 0.5) is 9.52 Å². The van der Waals surface area contributed by atoms with Crippen LogP contribution in [0.25, 0.3) is 0 Å². The van der Waals surface area contributed by atoms with Gasteiger partial charge in [-0.2, -0.15) is 5.10 Å². The van der Waals surface area contributed by atoms with Gasteiger partial charge in [0.25, 0.3) is 0 Å². The fourth-order valence-corrected chi connectivity index (χ4v) is 3.02. The molecule has 2 aromatic carbocycles. The van der Waals surface area contributed by atoms with Crippen molar-refractivity contribution in [1.29, 1.82) is 0 Å². The number of nitrogens with one attached hydrogen (secondary N) is 1. The number of hydrogen-bond donors (Lipinski definition) is 1. The number of thiazole rings is 1. The predicted molar refractivity (Wildman–Crippen MR) is 103 cm³/mol. The molecule has 0 saturated carbocycles. The Labute approximate surface area is 157 Å². The number of hydrogen-bond acceptors (Lipinski definition) is 5. The third kappa shape index (κ3) is 5.11. The fourth-order valence-electron chi connectivity index (χ4n) is 2.05. The second kappa shape index (κ2) is 8.22. The highest BCUT2D eigenvalue weighted by atomic mass is 79.9. The summed E-state index contributed by atoms with van der Waals surface area (Å²) in [6, 6.07) is 12.4. The van der Waals surface area contributed by atoms with Crippen LogP contribution >= 0.6 is 27.3 Å². The van der Waals surface area contributed by atoms with Crippen LogP contribution in [0.15, 0.2) is 57.4 Å². The van der Waals surface area contributed by atoms with Gasteiger partial charge in [0.05, 0.1) is 11.9 Å². The Morgan fingerprint density at radius 3 is 2.96 bits per heavy atom. The molecule has 0 saturated heterocycles. The van der Waals surface area contributed by atoms with Crippen molar-refractivity contribution >= 4 is 38.6 Å². The van der Waals surface area contributed by atoms with E-state index in [2.05, 4.69) is 31.4 Å². The molecule has 0 bridgehead atoms. The lowest BCUT2D eigenvalue weighted by Gasteiger charge is -2.08. The molecule has 0 atom stereocenters. The van der Waals surface area contributed by atoms with Gasteiger partial charge in [0, 0.05) is 15.4 Å². The summed E-state index contributed by atoms with van der Waals surface area (Å²) in [7, 11) is 0. The molecule has 1 N–H and O–H groups in total. The van der Waals surface area contributed by atoms with Crippen LogP contribution in [0.1, 0.15) is 16.8 Å². The van der Waals surface area contributed by atoms with Crippen LogP contribution in [0.5, 0.6) is 5.75 Å². The first kappa shape index (κ1) is 17.6. The molecule has 1 heterocycles. The van der Waals surface area contributed by atoms with Crippen molar-refractivity contribution < 1.29 is 9.13 Å². The number of hydrazone groups is 1. The molecule has 0 amide bonds. The third-order valence-corrected chi connectivity index (χ3v) is 4.62. The zero-order valence-electron chi connectivity index (χ0n) is 13.4. The van der Waals surface area contributed by atoms with E-state index in [1.165, 1.54) is 17.4 Å². The van der Waals surface area contributed by atoms with E-state index in [4.69, 9.17) is 4.74 Å². The fraction of sp³-hybridized carbons (Fsp3) is 0.111. The summed E-state index contributed by atoms with van der Waals surface area (Å²) in [5.74, 6) is 0.353.